The van der Waals surface area contributed by atoms with E-state index >= 15 is 0 Å². The second-order valence-electron chi connectivity index (χ2n) is 6.10. The third-order valence-electron chi connectivity index (χ3n) is 4.21. The van der Waals surface area contributed by atoms with Crippen molar-refractivity contribution < 1.29 is 13.9 Å². The fourth-order valence-corrected chi connectivity index (χ4v) is 2.83. The summed E-state index contributed by atoms with van der Waals surface area (Å²) >= 11 is 0. The molecular formula is C20H21N5O3. The van der Waals surface area contributed by atoms with Crippen molar-refractivity contribution in [3.63, 3.8) is 0 Å². The number of methoxy groups -OCH3 is 1. The Labute approximate surface area is 162 Å². The molecule has 1 amide bonds. The highest BCUT2D eigenvalue weighted by atomic mass is 16.5. The summed E-state index contributed by atoms with van der Waals surface area (Å²) < 4.78 is 10.5. The van der Waals surface area contributed by atoms with Crippen LogP contribution in [0.2, 0.25) is 0 Å². The van der Waals surface area contributed by atoms with Crippen LogP contribution in [0.1, 0.15) is 17.7 Å². The van der Waals surface area contributed by atoms with E-state index in [4.69, 9.17) is 20.3 Å². The van der Waals surface area contributed by atoms with Gasteiger partial charge in [0.1, 0.15) is 5.76 Å². The fourth-order valence-electron chi connectivity index (χ4n) is 2.83. The van der Waals surface area contributed by atoms with E-state index in [-0.39, 0.29) is 11.6 Å². The Balaban J connectivity index is 1.80. The molecule has 8 nitrogen and oxygen atoms in total. The first-order chi connectivity index (χ1) is 13.6. The molecule has 0 saturated carbocycles. The number of carbonyl (C=O) groups excluding carboxylic acids is 1. The zero-order chi connectivity index (χ0) is 19.9. The lowest BCUT2D eigenvalue weighted by molar-refractivity contribution is -0.117. The molecule has 1 aliphatic rings. The van der Waals surface area contributed by atoms with Crippen molar-refractivity contribution in [3.8, 4) is 0 Å². The SMILES string of the molecule is COC1=C(C(=N)/C=C/c2cnccn2)C(N)CC=C1C(=O)NCc1ccoc1. The second kappa shape index (κ2) is 8.92. The van der Waals surface area contributed by atoms with E-state index in [1.807, 2.05) is 0 Å². The van der Waals surface area contributed by atoms with Gasteiger partial charge in [-0.2, -0.15) is 0 Å². The van der Waals surface area contributed by atoms with Crippen LogP contribution in [0.15, 0.2) is 70.7 Å². The first-order valence-corrected chi connectivity index (χ1v) is 8.66. The Morgan fingerprint density at radius 1 is 1.50 bits per heavy atom. The summed E-state index contributed by atoms with van der Waals surface area (Å²) in [6, 6.07) is 1.33. The van der Waals surface area contributed by atoms with E-state index in [2.05, 4.69) is 15.3 Å². The van der Waals surface area contributed by atoms with E-state index in [1.165, 1.54) is 7.11 Å². The summed E-state index contributed by atoms with van der Waals surface area (Å²) in [5.41, 5.74) is 8.65. The van der Waals surface area contributed by atoms with E-state index in [0.717, 1.165) is 5.56 Å². The van der Waals surface area contributed by atoms with Crippen LogP contribution in [0.3, 0.4) is 0 Å². The van der Waals surface area contributed by atoms with Gasteiger partial charge in [-0.25, -0.2) is 0 Å². The van der Waals surface area contributed by atoms with Gasteiger partial charge in [0.25, 0.3) is 5.91 Å². The zero-order valence-corrected chi connectivity index (χ0v) is 15.4. The average Bonchev–Trinajstić information content (AvgIpc) is 3.24. The lowest BCUT2D eigenvalue weighted by Gasteiger charge is -2.24. The molecule has 1 aliphatic carbocycles. The quantitative estimate of drug-likeness (QED) is 0.631. The number of nitrogens with zero attached hydrogens (tertiary/aromatic N) is 2. The van der Waals surface area contributed by atoms with Gasteiger partial charge in [0.05, 0.1) is 42.8 Å². The van der Waals surface area contributed by atoms with Crippen molar-refractivity contribution in [3.05, 3.63) is 77.5 Å². The van der Waals surface area contributed by atoms with Gasteiger partial charge in [0.15, 0.2) is 0 Å². The van der Waals surface area contributed by atoms with Gasteiger partial charge in [-0.1, -0.05) is 6.08 Å². The van der Waals surface area contributed by atoms with Crippen LogP contribution < -0.4 is 11.1 Å². The molecule has 0 bridgehead atoms. The Kier molecular flexibility index (Phi) is 6.13. The summed E-state index contributed by atoms with van der Waals surface area (Å²) in [5.74, 6) is 0.00500. The normalized spacial score (nSPS) is 16.8. The molecule has 144 valence electrons. The molecule has 1 atom stereocenters. The number of hydrogen-bond acceptors (Lipinski definition) is 7. The van der Waals surface area contributed by atoms with Crippen LogP contribution in [0.25, 0.3) is 6.08 Å². The van der Waals surface area contributed by atoms with Gasteiger partial charge in [-0.3, -0.25) is 14.8 Å². The minimum atomic E-state index is -0.445. The molecule has 0 aliphatic heterocycles. The van der Waals surface area contributed by atoms with Gasteiger partial charge >= 0.3 is 0 Å². The first kappa shape index (κ1) is 19.2. The van der Waals surface area contributed by atoms with Crippen LogP contribution in [0.4, 0.5) is 0 Å². The Bertz CT molecular complexity index is 930. The fraction of sp³-hybridized carbons (Fsp3) is 0.200. The summed E-state index contributed by atoms with van der Waals surface area (Å²) in [6.07, 6.45) is 13.2. The largest absolute Gasteiger partial charge is 0.495 e. The van der Waals surface area contributed by atoms with Gasteiger partial charge < -0.3 is 25.6 Å². The standard InChI is InChI=1S/C20H21N5O3/c1-27-19-15(20(26)25-10-13-6-9-28-12-13)3-5-17(22)18(19)16(21)4-2-14-11-23-7-8-24-14/h2-4,6-9,11-12,17,21H,5,10,22H2,1H3,(H,25,26)/b4-2+,21-16?. The molecule has 0 spiro atoms. The Morgan fingerprint density at radius 3 is 3.04 bits per heavy atom. The number of ether oxygens (including phenoxy) is 1. The molecule has 2 aromatic rings. The number of hydrogen-bond donors (Lipinski definition) is 3. The van der Waals surface area contributed by atoms with Crippen molar-refractivity contribution in [1.29, 1.82) is 5.41 Å². The van der Waals surface area contributed by atoms with Crippen LogP contribution >= 0.6 is 0 Å². The molecule has 4 N–H and O–H groups in total. The third kappa shape index (κ3) is 4.41. The monoisotopic (exact) mass is 379 g/mol. The smallest absolute Gasteiger partial charge is 0.254 e. The minimum absolute atomic E-state index is 0.156. The lowest BCUT2D eigenvalue weighted by atomic mass is 9.89. The topological polar surface area (TPSA) is 127 Å². The predicted molar refractivity (Wildman–Crippen MR) is 104 cm³/mol. The molecule has 2 aromatic heterocycles. The number of nitrogens with one attached hydrogen (secondary N) is 2. The van der Waals surface area contributed by atoms with Crippen LogP contribution in [0, 0.1) is 5.41 Å². The average molecular weight is 379 g/mol. The second-order valence-corrected chi connectivity index (χ2v) is 6.10. The Hall–Kier alpha value is -3.52. The molecular weight excluding hydrogens is 358 g/mol. The highest BCUT2D eigenvalue weighted by molar-refractivity contribution is 6.12. The van der Waals surface area contributed by atoms with E-state index < -0.39 is 6.04 Å². The predicted octanol–water partition coefficient (Wildman–Crippen LogP) is 1.98. The van der Waals surface area contributed by atoms with Crippen LogP contribution in [-0.4, -0.2) is 34.7 Å². The van der Waals surface area contributed by atoms with Crippen molar-refractivity contribution >= 4 is 17.7 Å². The first-order valence-electron chi connectivity index (χ1n) is 8.66. The van der Waals surface area contributed by atoms with Crippen molar-refractivity contribution in [2.75, 3.05) is 7.11 Å². The van der Waals surface area contributed by atoms with Gasteiger partial charge in [-0.05, 0) is 24.6 Å². The highest BCUT2D eigenvalue weighted by Crippen LogP contribution is 2.27. The van der Waals surface area contributed by atoms with Crippen molar-refractivity contribution in [2.24, 2.45) is 5.73 Å². The number of amides is 1. The molecule has 0 saturated heterocycles. The van der Waals surface area contributed by atoms with Gasteiger partial charge in [0, 0.05) is 36.1 Å². The maximum atomic E-state index is 12.6. The number of nitrogens with two attached hydrogens (primary N) is 1. The number of carbonyl (C=O) groups is 1. The van der Waals surface area contributed by atoms with Crippen LogP contribution in [-0.2, 0) is 16.1 Å². The lowest BCUT2D eigenvalue weighted by Crippen LogP contribution is -2.34. The molecule has 0 fully saturated rings. The van der Waals surface area contributed by atoms with Crippen molar-refractivity contribution in [1.82, 2.24) is 15.3 Å². The number of aromatic nitrogens is 2. The minimum Gasteiger partial charge on any atom is -0.495 e. The Morgan fingerprint density at radius 2 is 2.36 bits per heavy atom. The maximum absolute atomic E-state index is 12.6. The molecule has 0 radical (unpaired) electrons. The molecule has 0 aromatic carbocycles. The highest BCUT2D eigenvalue weighted by Gasteiger charge is 2.28. The molecule has 1 unspecified atom stereocenters. The summed E-state index contributed by atoms with van der Waals surface area (Å²) in [5, 5.41) is 11.2. The number of allylic oxidation sites excluding steroid dienone is 1. The van der Waals surface area contributed by atoms with E-state index in [9.17, 15) is 4.79 Å². The number of rotatable bonds is 7. The van der Waals surface area contributed by atoms with Crippen molar-refractivity contribution in [2.45, 2.75) is 19.0 Å². The number of furan rings is 1. The summed E-state index contributed by atoms with van der Waals surface area (Å²) in [4.78, 5) is 20.8. The molecule has 2 heterocycles. The van der Waals surface area contributed by atoms with E-state index in [0.29, 0.717) is 35.6 Å². The van der Waals surface area contributed by atoms with Gasteiger partial charge in [0.2, 0.25) is 0 Å². The summed E-state index contributed by atoms with van der Waals surface area (Å²) in [7, 11) is 1.46. The van der Waals surface area contributed by atoms with Crippen LogP contribution in [0.5, 0.6) is 0 Å². The molecule has 8 heteroatoms. The molecule has 3 rings (SSSR count). The zero-order valence-electron chi connectivity index (χ0n) is 15.4. The summed E-state index contributed by atoms with van der Waals surface area (Å²) in [6.45, 7) is 0.328. The van der Waals surface area contributed by atoms with Gasteiger partial charge in [-0.15, -0.1) is 0 Å². The third-order valence-corrected chi connectivity index (χ3v) is 4.21. The van der Waals surface area contributed by atoms with E-state index in [1.54, 1.807) is 55.4 Å². The molecule has 28 heavy (non-hydrogen) atoms. The maximum Gasteiger partial charge on any atom is 0.254 e.